The number of hydrogen-bond donors (Lipinski definition) is 1. The summed E-state index contributed by atoms with van der Waals surface area (Å²) in [6.45, 7) is 1.71. The first-order valence-electron chi connectivity index (χ1n) is 7.58. The van der Waals surface area contributed by atoms with E-state index in [0.717, 1.165) is 22.6 Å². The van der Waals surface area contributed by atoms with Gasteiger partial charge in [-0.3, -0.25) is 9.69 Å². The number of nitrogens with zero attached hydrogens (tertiary/aromatic N) is 1. The summed E-state index contributed by atoms with van der Waals surface area (Å²) in [5.74, 6) is 1.14. The van der Waals surface area contributed by atoms with Crippen LogP contribution in [0.5, 0.6) is 11.5 Å². The molecule has 0 aromatic heterocycles. The fourth-order valence-electron chi connectivity index (χ4n) is 2.84. The van der Waals surface area contributed by atoms with E-state index in [4.69, 9.17) is 15.2 Å². The molecule has 0 saturated carbocycles. The van der Waals surface area contributed by atoms with E-state index in [1.807, 2.05) is 60.5 Å². The minimum atomic E-state index is -0.468. The van der Waals surface area contributed by atoms with Crippen molar-refractivity contribution in [2.75, 3.05) is 20.3 Å². The largest absolute Gasteiger partial charge is 0.486 e. The lowest BCUT2D eigenvalue weighted by Gasteiger charge is -2.26. The molecule has 0 bridgehead atoms. The predicted molar refractivity (Wildman–Crippen MR) is 87.3 cm³/mol. The van der Waals surface area contributed by atoms with Gasteiger partial charge in [0.1, 0.15) is 19.3 Å². The predicted octanol–water partition coefficient (Wildman–Crippen LogP) is 2.12. The van der Waals surface area contributed by atoms with Crippen molar-refractivity contribution in [3.8, 4) is 11.5 Å². The number of ether oxygens (including phenoxy) is 2. The fraction of sp³-hybridized carbons (Fsp3) is 0.278. The van der Waals surface area contributed by atoms with Gasteiger partial charge < -0.3 is 15.2 Å². The monoisotopic (exact) mass is 312 g/mol. The summed E-state index contributed by atoms with van der Waals surface area (Å²) in [5.41, 5.74) is 7.54. The molecule has 1 amide bonds. The normalized spacial score (nSPS) is 14.5. The van der Waals surface area contributed by atoms with E-state index >= 15 is 0 Å². The SMILES string of the molecule is CN(Cc1ccc2c(c1)OCCO2)[C@@H](C(N)=O)c1ccccc1. The Balaban J connectivity index is 1.79. The molecule has 0 saturated heterocycles. The number of amides is 1. The lowest BCUT2D eigenvalue weighted by molar-refractivity contribution is -0.123. The van der Waals surface area contributed by atoms with Crippen LogP contribution in [0.3, 0.4) is 0 Å². The van der Waals surface area contributed by atoms with Crippen molar-refractivity contribution in [3.05, 3.63) is 59.7 Å². The number of primary amides is 1. The molecule has 0 fully saturated rings. The fourth-order valence-corrected chi connectivity index (χ4v) is 2.84. The highest BCUT2D eigenvalue weighted by atomic mass is 16.6. The second kappa shape index (κ2) is 6.71. The van der Waals surface area contributed by atoms with Gasteiger partial charge in [0.2, 0.25) is 5.91 Å². The zero-order valence-corrected chi connectivity index (χ0v) is 13.1. The Kier molecular flexibility index (Phi) is 4.48. The van der Waals surface area contributed by atoms with Crippen molar-refractivity contribution >= 4 is 5.91 Å². The van der Waals surface area contributed by atoms with E-state index in [0.29, 0.717) is 19.8 Å². The summed E-state index contributed by atoms with van der Waals surface area (Å²) in [4.78, 5) is 13.8. The molecule has 1 heterocycles. The Bertz CT molecular complexity index is 688. The zero-order chi connectivity index (χ0) is 16.2. The standard InChI is InChI=1S/C18H20N2O3/c1-20(17(18(19)21)14-5-3-2-4-6-14)12-13-7-8-15-16(11-13)23-10-9-22-15/h2-8,11,17H,9-10,12H2,1H3,(H2,19,21)/t17-/m1/s1. The summed E-state index contributed by atoms with van der Waals surface area (Å²) in [6, 6.07) is 14.9. The van der Waals surface area contributed by atoms with Crippen LogP contribution in [-0.2, 0) is 11.3 Å². The third-order valence-electron chi connectivity index (χ3n) is 3.86. The molecule has 0 aliphatic carbocycles. The highest BCUT2D eigenvalue weighted by Crippen LogP contribution is 2.31. The van der Waals surface area contributed by atoms with Crippen LogP contribution in [0, 0.1) is 0 Å². The first-order chi connectivity index (χ1) is 11.1. The average molecular weight is 312 g/mol. The van der Waals surface area contributed by atoms with Gasteiger partial charge in [0.05, 0.1) is 0 Å². The Morgan fingerprint density at radius 2 is 1.83 bits per heavy atom. The maximum absolute atomic E-state index is 11.9. The van der Waals surface area contributed by atoms with Crippen molar-refractivity contribution in [2.24, 2.45) is 5.73 Å². The van der Waals surface area contributed by atoms with Gasteiger partial charge in [-0.1, -0.05) is 36.4 Å². The van der Waals surface area contributed by atoms with Crippen molar-refractivity contribution < 1.29 is 14.3 Å². The van der Waals surface area contributed by atoms with Crippen molar-refractivity contribution in [2.45, 2.75) is 12.6 Å². The molecule has 1 aliphatic rings. The Morgan fingerprint density at radius 3 is 2.52 bits per heavy atom. The van der Waals surface area contributed by atoms with Gasteiger partial charge >= 0.3 is 0 Å². The second-order valence-corrected chi connectivity index (χ2v) is 5.61. The van der Waals surface area contributed by atoms with E-state index in [2.05, 4.69) is 0 Å². The average Bonchev–Trinajstić information content (AvgIpc) is 2.55. The molecular weight excluding hydrogens is 292 g/mol. The number of likely N-dealkylation sites (N-methyl/N-ethyl adjacent to an activating group) is 1. The van der Waals surface area contributed by atoms with E-state index in [-0.39, 0.29) is 5.91 Å². The van der Waals surface area contributed by atoms with Gasteiger partial charge in [-0.05, 0) is 30.3 Å². The molecule has 2 aromatic rings. The van der Waals surface area contributed by atoms with Crippen LogP contribution in [0.4, 0.5) is 0 Å². The zero-order valence-electron chi connectivity index (χ0n) is 13.1. The number of benzene rings is 2. The summed E-state index contributed by atoms with van der Waals surface area (Å²) in [6.07, 6.45) is 0. The molecule has 2 aromatic carbocycles. The van der Waals surface area contributed by atoms with E-state index in [1.54, 1.807) is 0 Å². The third-order valence-corrected chi connectivity index (χ3v) is 3.86. The molecule has 5 heteroatoms. The number of hydrogen-bond acceptors (Lipinski definition) is 4. The number of carbonyl (C=O) groups excluding carboxylic acids is 1. The lowest BCUT2D eigenvalue weighted by atomic mass is 10.0. The summed E-state index contributed by atoms with van der Waals surface area (Å²) >= 11 is 0. The molecule has 120 valence electrons. The van der Waals surface area contributed by atoms with Crippen molar-refractivity contribution in [1.82, 2.24) is 4.90 Å². The van der Waals surface area contributed by atoms with Crippen LogP contribution in [-0.4, -0.2) is 31.1 Å². The highest BCUT2D eigenvalue weighted by Gasteiger charge is 2.23. The molecule has 2 N–H and O–H groups in total. The maximum atomic E-state index is 11.9. The molecule has 0 radical (unpaired) electrons. The Morgan fingerprint density at radius 1 is 1.13 bits per heavy atom. The molecule has 3 rings (SSSR count). The van der Waals surface area contributed by atoms with Crippen LogP contribution < -0.4 is 15.2 Å². The smallest absolute Gasteiger partial charge is 0.239 e. The molecule has 0 spiro atoms. The topological polar surface area (TPSA) is 64.8 Å². The van der Waals surface area contributed by atoms with Crippen LogP contribution >= 0.6 is 0 Å². The van der Waals surface area contributed by atoms with Gasteiger partial charge in [0, 0.05) is 6.54 Å². The van der Waals surface area contributed by atoms with Gasteiger partial charge in [-0.25, -0.2) is 0 Å². The summed E-state index contributed by atoms with van der Waals surface area (Å²) in [5, 5.41) is 0. The Labute approximate surface area is 135 Å². The van der Waals surface area contributed by atoms with Crippen LogP contribution in [0.25, 0.3) is 0 Å². The molecule has 0 unspecified atom stereocenters. The van der Waals surface area contributed by atoms with Crippen LogP contribution in [0.2, 0.25) is 0 Å². The number of nitrogens with two attached hydrogens (primary N) is 1. The lowest BCUT2D eigenvalue weighted by Crippen LogP contribution is -2.35. The first-order valence-corrected chi connectivity index (χ1v) is 7.58. The summed E-state index contributed by atoms with van der Waals surface area (Å²) < 4.78 is 11.1. The molecule has 1 atom stereocenters. The second-order valence-electron chi connectivity index (χ2n) is 5.61. The number of fused-ring (bicyclic) bond motifs is 1. The van der Waals surface area contributed by atoms with Gasteiger partial charge in [-0.2, -0.15) is 0 Å². The van der Waals surface area contributed by atoms with E-state index < -0.39 is 6.04 Å². The van der Waals surface area contributed by atoms with Gasteiger partial charge in [-0.15, -0.1) is 0 Å². The number of carbonyl (C=O) groups is 1. The first kappa shape index (κ1) is 15.4. The van der Waals surface area contributed by atoms with Crippen molar-refractivity contribution in [1.29, 1.82) is 0 Å². The molecule has 5 nitrogen and oxygen atoms in total. The van der Waals surface area contributed by atoms with E-state index in [9.17, 15) is 4.79 Å². The summed E-state index contributed by atoms with van der Waals surface area (Å²) in [7, 11) is 1.89. The molecule has 23 heavy (non-hydrogen) atoms. The minimum absolute atomic E-state index is 0.365. The third kappa shape index (κ3) is 3.46. The Hall–Kier alpha value is -2.53. The van der Waals surface area contributed by atoms with Gasteiger partial charge in [0.25, 0.3) is 0 Å². The minimum Gasteiger partial charge on any atom is -0.486 e. The van der Waals surface area contributed by atoms with Gasteiger partial charge in [0.15, 0.2) is 11.5 Å². The van der Waals surface area contributed by atoms with Crippen molar-refractivity contribution in [3.63, 3.8) is 0 Å². The molecule has 1 aliphatic heterocycles. The maximum Gasteiger partial charge on any atom is 0.239 e. The quantitative estimate of drug-likeness (QED) is 0.918. The molecular formula is C18H20N2O3. The van der Waals surface area contributed by atoms with Crippen LogP contribution in [0.15, 0.2) is 48.5 Å². The number of rotatable bonds is 5. The van der Waals surface area contributed by atoms with E-state index in [1.165, 1.54) is 0 Å². The van der Waals surface area contributed by atoms with Crippen LogP contribution in [0.1, 0.15) is 17.2 Å². The highest BCUT2D eigenvalue weighted by molar-refractivity contribution is 5.81.